The summed E-state index contributed by atoms with van der Waals surface area (Å²) in [5, 5.41) is 0. The van der Waals surface area contributed by atoms with Crippen LogP contribution in [0.25, 0.3) is 10.6 Å². The van der Waals surface area contributed by atoms with Gasteiger partial charge in [0.05, 0.1) is 21.5 Å². The van der Waals surface area contributed by atoms with Gasteiger partial charge in [-0.25, -0.2) is 4.79 Å². The smallest absolute Gasteiger partial charge is 0.410 e. The summed E-state index contributed by atoms with van der Waals surface area (Å²) in [5.74, 6) is 0.428. The van der Waals surface area contributed by atoms with Crippen LogP contribution in [0.1, 0.15) is 36.4 Å². The van der Waals surface area contributed by atoms with E-state index in [0.29, 0.717) is 25.6 Å². The lowest BCUT2D eigenvalue weighted by molar-refractivity contribution is 0.0624. The summed E-state index contributed by atoms with van der Waals surface area (Å²) < 4.78 is 5.28. The first kappa shape index (κ1) is 18.9. The topological polar surface area (TPSA) is 62.7 Å². The normalized spacial score (nSPS) is 20.7. The molecule has 2 saturated heterocycles. The number of thiophene rings is 1. The van der Waals surface area contributed by atoms with E-state index in [1.165, 1.54) is 11.3 Å². The molecule has 2 aromatic heterocycles. The first-order valence-corrected chi connectivity index (χ1v) is 10.6. The Balaban J connectivity index is 1.39. The predicted octanol–water partition coefficient (Wildman–Crippen LogP) is 3.89. The van der Waals surface area contributed by atoms with Crippen molar-refractivity contribution in [3.05, 3.63) is 41.4 Å². The van der Waals surface area contributed by atoms with Gasteiger partial charge >= 0.3 is 6.09 Å². The lowest BCUT2D eigenvalue weighted by atomic mass is 9.97. The Bertz CT molecular complexity index is 844. The van der Waals surface area contributed by atoms with Gasteiger partial charge in [0.1, 0.15) is 6.61 Å². The molecule has 2 aliphatic heterocycles. The maximum Gasteiger partial charge on any atom is 0.410 e. The molecular weight excluding hydrogens is 374 g/mol. The molecule has 6 nitrogen and oxygen atoms in total. The van der Waals surface area contributed by atoms with Crippen molar-refractivity contribution in [1.29, 1.82) is 0 Å². The Morgan fingerprint density at radius 3 is 2.68 bits per heavy atom. The zero-order valence-electron chi connectivity index (χ0n) is 16.2. The molecule has 1 atom stereocenters. The Labute approximate surface area is 169 Å². The fourth-order valence-corrected chi connectivity index (χ4v) is 4.93. The summed E-state index contributed by atoms with van der Waals surface area (Å²) in [7, 11) is 0. The van der Waals surface area contributed by atoms with Crippen molar-refractivity contribution >= 4 is 23.3 Å². The van der Waals surface area contributed by atoms with Crippen molar-refractivity contribution in [1.82, 2.24) is 14.8 Å². The molecule has 148 valence electrons. The molecule has 2 aromatic rings. The van der Waals surface area contributed by atoms with Gasteiger partial charge in [-0.1, -0.05) is 19.9 Å². The van der Waals surface area contributed by atoms with Gasteiger partial charge in [0.2, 0.25) is 0 Å². The number of piperidine rings is 1. The maximum atomic E-state index is 12.9. The van der Waals surface area contributed by atoms with Crippen LogP contribution in [0.3, 0.4) is 0 Å². The van der Waals surface area contributed by atoms with E-state index in [1.54, 1.807) is 6.20 Å². The van der Waals surface area contributed by atoms with Crippen LogP contribution in [-0.2, 0) is 4.74 Å². The molecule has 0 saturated carbocycles. The Morgan fingerprint density at radius 2 is 2.00 bits per heavy atom. The lowest BCUT2D eigenvalue weighted by Crippen LogP contribution is -2.50. The average molecular weight is 400 g/mol. The van der Waals surface area contributed by atoms with Gasteiger partial charge in [0, 0.05) is 25.3 Å². The third-order valence-corrected chi connectivity index (χ3v) is 6.69. The molecule has 4 rings (SSSR count). The summed E-state index contributed by atoms with van der Waals surface area (Å²) >= 11 is 1.48. The zero-order valence-corrected chi connectivity index (χ0v) is 17.0. The third-order valence-electron chi connectivity index (χ3n) is 5.59. The number of amides is 2. The molecule has 7 heteroatoms. The second kappa shape index (κ2) is 7.91. The molecule has 2 aliphatic rings. The average Bonchev–Trinajstić information content (AvgIpc) is 3.35. The number of aromatic nitrogens is 1. The van der Waals surface area contributed by atoms with E-state index in [4.69, 9.17) is 4.74 Å². The highest BCUT2D eigenvalue weighted by Gasteiger charge is 2.41. The van der Waals surface area contributed by atoms with Crippen LogP contribution in [0.5, 0.6) is 0 Å². The van der Waals surface area contributed by atoms with Crippen LogP contribution in [0.4, 0.5) is 4.79 Å². The van der Waals surface area contributed by atoms with E-state index >= 15 is 0 Å². The number of ether oxygens (including phenoxy) is 1. The standard InChI is InChI=1S/C21H25N3O3S/c1-14(2)17-13-27-21(26)24(17)15-8-11-23(12-9-15)20(25)19-7-6-18(28-19)16-5-3-4-10-22-16/h3-7,10,14-15,17H,8-9,11-13H2,1-2H3. The van der Waals surface area contributed by atoms with Crippen LogP contribution in [0.2, 0.25) is 0 Å². The van der Waals surface area contributed by atoms with Crippen LogP contribution >= 0.6 is 11.3 Å². The molecule has 0 radical (unpaired) electrons. The van der Waals surface area contributed by atoms with E-state index < -0.39 is 0 Å². The molecule has 0 N–H and O–H groups in total. The summed E-state index contributed by atoms with van der Waals surface area (Å²) in [5.41, 5.74) is 0.887. The predicted molar refractivity (Wildman–Crippen MR) is 108 cm³/mol. The third kappa shape index (κ3) is 3.63. The van der Waals surface area contributed by atoms with Gasteiger partial charge in [-0.15, -0.1) is 11.3 Å². The zero-order chi connectivity index (χ0) is 19.7. The number of rotatable bonds is 4. The molecule has 2 amide bonds. The lowest BCUT2D eigenvalue weighted by Gasteiger charge is -2.38. The fourth-order valence-electron chi connectivity index (χ4n) is 3.98. The highest BCUT2D eigenvalue weighted by atomic mass is 32.1. The molecule has 0 bridgehead atoms. The molecule has 0 aromatic carbocycles. The van der Waals surface area contributed by atoms with Crippen molar-refractivity contribution in [2.24, 2.45) is 5.92 Å². The van der Waals surface area contributed by atoms with Crippen molar-refractivity contribution in [2.45, 2.75) is 38.8 Å². The molecule has 1 unspecified atom stereocenters. The van der Waals surface area contributed by atoms with Crippen molar-refractivity contribution in [3.63, 3.8) is 0 Å². The highest BCUT2D eigenvalue weighted by molar-refractivity contribution is 7.17. The Kier molecular flexibility index (Phi) is 5.35. The first-order valence-electron chi connectivity index (χ1n) is 9.80. The van der Waals surface area contributed by atoms with Crippen LogP contribution in [-0.4, -0.2) is 58.6 Å². The second-order valence-corrected chi connectivity index (χ2v) is 8.78. The molecule has 0 spiro atoms. The Morgan fingerprint density at radius 1 is 1.21 bits per heavy atom. The van der Waals surface area contributed by atoms with Gasteiger partial charge in [-0.05, 0) is 43.0 Å². The van der Waals surface area contributed by atoms with Gasteiger partial charge in [0.25, 0.3) is 5.91 Å². The van der Waals surface area contributed by atoms with Gasteiger partial charge in [-0.2, -0.15) is 0 Å². The first-order chi connectivity index (χ1) is 13.5. The van der Waals surface area contributed by atoms with E-state index in [9.17, 15) is 9.59 Å². The van der Waals surface area contributed by atoms with Crippen molar-refractivity contribution in [2.75, 3.05) is 19.7 Å². The van der Waals surface area contributed by atoms with Crippen LogP contribution in [0, 0.1) is 5.92 Å². The minimum absolute atomic E-state index is 0.0649. The fraction of sp³-hybridized carbons (Fsp3) is 0.476. The van der Waals surface area contributed by atoms with Crippen LogP contribution in [0.15, 0.2) is 36.5 Å². The SMILES string of the molecule is CC(C)C1COC(=O)N1C1CCN(C(=O)c2ccc(-c3ccccn3)s2)CC1. The van der Waals surface area contributed by atoms with Crippen molar-refractivity contribution < 1.29 is 14.3 Å². The van der Waals surface area contributed by atoms with E-state index in [2.05, 4.69) is 18.8 Å². The van der Waals surface area contributed by atoms with Gasteiger partial charge in [0.15, 0.2) is 0 Å². The minimum atomic E-state index is -0.207. The van der Waals surface area contributed by atoms with Gasteiger partial charge < -0.3 is 9.64 Å². The minimum Gasteiger partial charge on any atom is -0.447 e. The van der Waals surface area contributed by atoms with Crippen LogP contribution < -0.4 is 0 Å². The number of carbonyl (C=O) groups excluding carboxylic acids is 2. The molecule has 4 heterocycles. The quantitative estimate of drug-likeness (QED) is 0.782. The maximum absolute atomic E-state index is 12.9. The number of likely N-dealkylation sites (tertiary alicyclic amines) is 1. The second-order valence-electron chi connectivity index (χ2n) is 7.70. The largest absolute Gasteiger partial charge is 0.447 e. The number of hydrogen-bond donors (Lipinski definition) is 0. The summed E-state index contributed by atoms with van der Waals surface area (Å²) in [6.45, 7) is 6.04. The van der Waals surface area contributed by atoms with Crippen molar-refractivity contribution in [3.8, 4) is 10.6 Å². The summed E-state index contributed by atoms with van der Waals surface area (Å²) in [4.78, 5) is 35.0. The number of carbonyl (C=O) groups is 2. The van der Waals surface area contributed by atoms with E-state index in [1.807, 2.05) is 40.1 Å². The molecule has 0 aliphatic carbocycles. The monoisotopic (exact) mass is 399 g/mol. The number of hydrogen-bond acceptors (Lipinski definition) is 5. The number of pyridine rings is 1. The molecular formula is C21H25N3O3S. The molecule has 28 heavy (non-hydrogen) atoms. The number of cyclic esters (lactones) is 1. The summed E-state index contributed by atoms with van der Waals surface area (Å²) in [6.07, 6.45) is 3.14. The Hall–Kier alpha value is -2.41. The summed E-state index contributed by atoms with van der Waals surface area (Å²) in [6, 6.07) is 9.91. The van der Waals surface area contributed by atoms with E-state index in [0.717, 1.165) is 28.3 Å². The van der Waals surface area contributed by atoms with Gasteiger partial charge in [-0.3, -0.25) is 14.7 Å². The highest BCUT2D eigenvalue weighted by Crippen LogP contribution is 2.30. The number of nitrogens with zero attached hydrogens (tertiary/aromatic N) is 3. The molecule has 2 fully saturated rings. The van der Waals surface area contributed by atoms with E-state index in [-0.39, 0.29) is 24.1 Å².